The summed E-state index contributed by atoms with van der Waals surface area (Å²) in [6.07, 6.45) is -3.11. The van der Waals surface area contributed by atoms with Crippen LogP contribution in [0.2, 0.25) is 5.02 Å². The Labute approximate surface area is 187 Å². The molecule has 2 saturated heterocycles. The third-order valence-electron chi connectivity index (χ3n) is 5.64. The highest BCUT2D eigenvalue weighted by Crippen LogP contribution is 2.29. The number of carbonyl (C=O) groups excluding carboxylic acids is 2. The van der Waals surface area contributed by atoms with Gasteiger partial charge in [-0.15, -0.1) is 13.2 Å². The minimum atomic E-state index is -4.72. The Morgan fingerprint density at radius 1 is 0.969 bits per heavy atom. The molecule has 0 aliphatic carbocycles. The number of amides is 2. The number of nitrogens with one attached hydrogen (secondary N) is 1. The van der Waals surface area contributed by atoms with Crippen molar-refractivity contribution in [1.82, 2.24) is 4.90 Å². The maximum Gasteiger partial charge on any atom is 0.573 e. The van der Waals surface area contributed by atoms with Gasteiger partial charge in [0.05, 0.1) is 18.2 Å². The van der Waals surface area contributed by atoms with E-state index in [2.05, 4.69) is 10.1 Å². The standard InChI is InChI=1S/C22H21ClF3N3O3/c23-14-1-5-17(6-2-14)29-20(30)13-19(21(29)31)28-11-9-16(10-12-28)27-15-3-7-18(8-4-15)32-22(24,25)26/h1-8,16,19,27H,9-13H2/t19-/m1/s1. The fourth-order valence-corrected chi connectivity index (χ4v) is 4.23. The van der Waals surface area contributed by atoms with E-state index in [1.165, 1.54) is 29.2 Å². The van der Waals surface area contributed by atoms with Crippen LogP contribution in [0.3, 0.4) is 0 Å². The van der Waals surface area contributed by atoms with E-state index in [1.54, 1.807) is 24.3 Å². The smallest absolute Gasteiger partial charge is 0.406 e. The molecule has 170 valence electrons. The van der Waals surface area contributed by atoms with E-state index in [0.29, 0.717) is 29.5 Å². The second kappa shape index (κ2) is 8.99. The molecular weight excluding hydrogens is 447 g/mol. The van der Waals surface area contributed by atoms with Gasteiger partial charge in [-0.25, -0.2) is 4.90 Å². The highest BCUT2D eigenvalue weighted by Gasteiger charge is 2.43. The Hall–Kier alpha value is -2.78. The van der Waals surface area contributed by atoms with E-state index in [-0.39, 0.29) is 30.0 Å². The second-order valence-electron chi connectivity index (χ2n) is 7.79. The van der Waals surface area contributed by atoms with Crippen LogP contribution in [0.25, 0.3) is 0 Å². The lowest BCUT2D eigenvalue weighted by atomic mass is 10.0. The highest BCUT2D eigenvalue weighted by atomic mass is 35.5. The van der Waals surface area contributed by atoms with Crippen molar-refractivity contribution in [2.75, 3.05) is 23.3 Å². The average Bonchev–Trinajstić information content (AvgIpc) is 3.04. The molecule has 0 radical (unpaired) electrons. The minimum absolute atomic E-state index is 0.111. The summed E-state index contributed by atoms with van der Waals surface area (Å²) in [6.45, 7) is 1.26. The van der Waals surface area contributed by atoms with E-state index < -0.39 is 12.4 Å². The van der Waals surface area contributed by atoms with Gasteiger partial charge in [-0.1, -0.05) is 11.6 Å². The summed E-state index contributed by atoms with van der Waals surface area (Å²) in [7, 11) is 0. The molecule has 0 aromatic heterocycles. The van der Waals surface area contributed by atoms with E-state index in [1.807, 2.05) is 4.90 Å². The molecule has 2 fully saturated rings. The van der Waals surface area contributed by atoms with E-state index in [4.69, 9.17) is 11.6 Å². The molecule has 0 spiro atoms. The molecule has 32 heavy (non-hydrogen) atoms. The number of rotatable bonds is 5. The number of halogens is 4. The fourth-order valence-electron chi connectivity index (χ4n) is 4.11. The van der Waals surface area contributed by atoms with Crippen molar-refractivity contribution in [2.45, 2.75) is 37.7 Å². The number of hydrogen-bond donors (Lipinski definition) is 1. The first kappa shape index (κ1) is 22.4. The highest BCUT2D eigenvalue weighted by molar-refractivity contribution is 6.30. The van der Waals surface area contributed by atoms with Gasteiger partial charge >= 0.3 is 6.36 Å². The third-order valence-corrected chi connectivity index (χ3v) is 5.89. The largest absolute Gasteiger partial charge is 0.573 e. The molecule has 2 aliphatic heterocycles. The summed E-state index contributed by atoms with van der Waals surface area (Å²) >= 11 is 5.89. The molecule has 0 unspecified atom stereocenters. The average molecular weight is 468 g/mol. The van der Waals surface area contributed by atoms with Gasteiger partial charge in [0, 0.05) is 29.8 Å². The molecule has 6 nitrogen and oxygen atoms in total. The predicted molar refractivity (Wildman–Crippen MR) is 114 cm³/mol. The van der Waals surface area contributed by atoms with Crippen LogP contribution in [0, 0.1) is 0 Å². The summed E-state index contributed by atoms with van der Waals surface area (Å²) in [5, 5.41) is 3.83. The normalized spacial score (nSPS) is 20.6. The Kier molecular flexibility index (Phi) is 6.30. The lowest BCUT2D eigenvalue weighted by Gasteiger charge is -2.35. The number of piperidine rings is 1. The lowest BCUT2D eigenvalue weighted by molar-refractivity contribution is -0.274. The number of anilines is 2. The zero-order valence-corrected chi connectivity index (χ0v) is 17.7. The number of carbonyl (C=O) groups is 2. The monoisotopic (exact) mass is 467 g/mol. The van der Waals surface area contributed by atoms with Crippen molar-refractivity contribution in [3.63, 3.8) is 0 Å². The van der Waals surface area contributed by atoms with E-state index in [0.717, 1.165) is 12.8 Å². The van der Waals surface area contributed by atoms with Crippen molar-refractivity contribution in [2.24, 2.45) is 0 Å². The van der Waals surface area contributed by atoms with Crippen LogP contribution in [0.5, 0.6) is 5.75 Å². The minimum Gasteiger partial charge on any atom is -0.406 e. The van der Waals surface area contributed by atoms with Crippen LogP contribution in [-0.2, 0) is 9.59 Å². The number of likely N-dealkylation sites (tertiary alicyclic amines) is 1. The lowest BCUT2D eigenvalue weighted by Crippen LogP contribution is -2.48. The maximum atomic E-state index is 12.9. The van der Waals surface area contributed by atoms with Gasteiger partial charge in [-0.3, -0.25) is 14.5 Å². The topological polar surface area (TPSA) is 61.9 Å². The fraction of sp³-hybridized carbons (Fsp3) is 0.364. The van der Waals surface area contributed by atoms with Crippen LogP contribution >= 0.6 is 11.6 Å². The quantitative estimate of drug-likeness (QED) is 0.658. The number of imide groups is 1. The van der Waals surface area contributed by atoms with Gasteiger partial charge in [0.1, 0.15) is 5.75 Å². The Bertz CT molecular complexity index is 975. The van der Waals surface area contributed by atoms with Gasteiger partial charge in [0.2, 0.25) is 5.91 Å². The van der Waals surface area contributed by atoms with Gasteiger partial charge in [-0.2, -0.15) is 0 Å². The summed E-state index contributed by atoms with van der Waals surface area (Å²) in [5.41, 5.74) is 1.21. The Balaban J connectivity index is 1.31. The SMILES string of the molecule is O=C1C[C@@H](N2CCC(Nc3ccc(OC(F)(F)F)cc3)CC2)C(=O)N1c1ccc(Cl)cc1. The van der Waals surface area contributed by atoms with Crippen LogP contribution < -0.4 is 15.0 Å². The van der Waals surface area contributed by atoms with Gasteiger partial charge in [-0.05, 0) is 61.4 Å². The van der Waals surface area contributed by atoms with E-state index in [9.17, 15) is 22.8 Å². The summed E-state index contributed by atoms with van der Waals surface area (Å²) in [5.74, 6) is -0.736. The first-order valence-corrected chi connectivity index (χ1v) is 10.6. The Morgan fingerprint density at radius 3 is 2.19 bits per heavy atom. The van der Waals surface area contributed by atoms with Gasteiger partial charge in [0.25, 0.3) is 5.91 Å². The predicted octanol–water partition coefficient (Wildman–Crippen LogP) is 4.45. The molecule has 2 heterocycles. The van der Waals surface area contributed by atoms with E-state index >= 15 is 0 Å². The maximum absolute atomic E-state index is 12.9. The summed E-state index contributed by atoms with van der Waals surface area (Å²) in [4.78, 5) is 28.7. The van der Waals surface area contributed by atoms with Gasteiger partial charge in [0.15, 0.2) is 0 Å². The number of benzene rings is 2. The molecule has 0 saturated carbocycles. The number of nitrogens with zero attached hydrogens (tertiary/aromatic N) is 2. The molecule has 2 aromatic carbocycles. The molecule has 0 bridgehead atoms. The first-order valence-electron chi connectivity index (χ1n) is 10.2. The van der Waals surface area contributed by atoms with Crippen LogP contribution in [0.15, 0.2) is 48.5 Å². The Morgan fingerprint density at radius 2 is 1.59 bits per heavy atom. The number of ether oxygens (including phenoxy) is 1. The molecule has 2 amide bonds. The number of alkyl halides is 3. The molecular formula is C22H21ClF3N3O3. The van der Waals surface area contributed by atoms with Crippen LogP contribution in [0.1, 0.15) is 19.3 Å². The molecule has 2 aliphatic rings. The zero-order chi connectivity index (χ0) is 22.9. The summed E-state index contributed by atoms with van der Waals surface area (Å²) in [6, 6.07) is 11.8. The van der Waals surface area contributed by atoms with Crippen molar-refractivity contribution in [3.05, 3.63) is 53.6 Å². The molecule has 4 rings (SSSR count). The number of hydrogen-bond acceptors (Lipinski definition) is 5. The van der Waals surface area contributed by atoms with Crippen molar-refractivity contribution >= 4 is 34.8 Å². The molecule has 1 atom stereocenters. The zero-order valence-electron chi connectivity index (χ0n) is 16.9. The molecule has 1 N–H and O–H groups in total. The second-order valence-corrected chi connectivity index (χ2v) is 8.23. The van der Waals surface area contributed by atoms with Gasteiger partial charge < -0.3 is 10.1 Å². The molecule has 2 aromatic rings. The molecule has 10 heteroatoms. The summed E-state index contributed by atoms with van der Waals surface area (Å²) < 4.78 is 40.7. The van der Waals surface area contributed by atoms with Crippen LogP contribution in [-0.4, -0.2) is 48.2 Å². The first-order chi connectivity index (χ1) is 15.2. The van der Waals surface area contributed by atoms with Crippen molar-refractivity contribution < 1.29 is 27.5 Å². The third kappa shape index (κ3) is 5.16. The van der Waals surface area contributed by atoms with Crippen molar-refractivity contribution in [1.29, 1.82) is 0 Å². The van der Waals surface area contributed by atoms with Crippen LogP contribution in [0.4, 0.5) is 24.5 Å². The van der Waals surface area contributed by atoms with Crippen molar-refractivity contribution in [3.8, 4) is 5.75 Å².